The standard InChI is InChI=1S/C19H27N5S.HI/c1-15-4-3-8-21-18(15)12-22-19(20-2)23-17-5-9-24(10-6-17)13-16-7-11-25-14-16;/h3-4,7-8,11,14,17H,5-6,9-10,12-13H2,1-2H3,(H2,20,22,23);1H. The van der Waals surface area contributed by atoms with E-state index < -0.39 is 0 Å². The van der Waals surface area contributed by atoms with Gasteiger partial charge in [0.15, 0.2) is 5.96 Å². The van der Waals surface area contributed by atoms with E-state index in [-0.39, 0.29) is 24.0 Å². The van der Waals surface area contributed by atoms with Gasteiger partial charge in [0.25, 0.3) is 0 Å². The molecule has 0 amide bonds. The maximum atomic E-state index is 4.43. The van der Waals surface area contributed by atoms with Gasteiger partial charge in [-0.05, 0) is 53.8 Å². The van der Waals surface area contributed by atoms with Gasteiger partial charge in [0.2, 0.25) is 0 Å². The minimum atomic E-state index is 0. The van der Waals surface area contributed by atoms with Gasteiger partial charge in [-0.15, -0.1) is 24.0 Å². The highest BCUT2D eigenvalue weighted by Crippen LogP contribution is 2.15. The van der Waals surface area contributed by atoms with Gasteiger partial charge in [-0.2, -0.15) is 11.3 Å². The van der Waals surface area contributed by atoms with Gasteiger partial charge in [0, 0.05) is 38.9 Å². The molecule has 0 saturated carbocycles. The van der Waals surface area contributed by atoms with Crippen molar-refractivity contribution in [3.63, 3.8) is 0 Å². The average Bonchev–Trinajstić information content (AvgIpc) is 3.14. The molecule has 0 aromatic carbocycles. The van der Waals surface area contributed by atoms with Crippen LogP contribution in [-0.2, 0) is 13.1 Å². The van der Waals surface area contributed by atoms with E-state index in [0.29, 0.717) is 12.6 Å². The summed E-state index contributed by atoms with van der Waals surface area (Å²) in [5, 5.41) is 11.3. The predicted molar refractivity (Wildman–Crippen MR) is 120 cm³/mol. The Morgan fingerprint density at radius 1 is 1.35 bits per heavy atom. The number of aromatic nitrogens is 1. The van der Waals surface area contributed by atoms with Gasteiger partial charge < -0.3 is 10.6 Å². The highest BCUT2D eigenvalue weighted by molar-refractivity contribution is 14.0. The van der Waals surface area contributed by atoms with Crippen LogP contribution in [0.1, 0.15) is 29.7 Å². The Morgan fingerprint density at radius 2 is 2.15 bits per heavy atom. The summed E-state index contributed by atoms with van der Waals surface area (Å²) >= 11 is 1.78. The van der Waals surface area contributed by atoms with E-state index in [1.807, 2.05) is 19.3 Å². The van der Waals surface area contributed by atoms with Crippen molar-refractivity contribution < 1.29 is 0 Å². The highest BCUT2D eigenvalue weighted by atomic mass is 127. The molecule has 1 fully saturated rings. The van der Waals surface area contributed by atoms with Crippen LogP contribution in [0, 0.1) is 6.92 Å². The molecule has 0 aliphatic carbocycles. The molecule has 2 aromatic rings. The number of aliphatic imine (C=N–C) groups is 1. The lowest BCUT2D eigenvalue weighted by molar-refractivity contribution is 0.198. The van der Waals surface area contributed by atoms with E-state index in [2.05, 4.69) is 55.3 Å². The molecule has 0 atom stereocenters. The van der Waals surface area contributed by atoms with Gasteiger partial charge in [0.1, 0.15) is 0 Å². The van der Waals surface area contributed by atoms with Gasteiger partial charge >= 0.3 is 0 Å². The predicted octanol–water partition coefficient (Wildman–Crippen LogP) is 3.40. The molecule has 1 saturated heterocycles. The van der Waals surface area contributed by atoms with Gasteiger partial charge in [-0.25, -0.2) is 0 Å². The van der Waals surface area contributed by atoms with Crippen molar-refractivity contribution in [1.82, 2.24) is 20.5 Å². The zero-order valence-corrected chi connectivity index (χ0v) is 18.6. The monoisotopic (exact) mass is 485 g/mol. The van der Waals surface area contributed by atoms with Crippen LogP contribution in [0.15, 0.2) is 40.1 Å². The lowest BCUT2D eigenvalue weighted by atomic mass is 10.0. The molecular weight excluding hydrogens is 457 g/mol. The first-order valence-electron chi connectivity index (χ1n) is 8.85. The van der Waals surface area contributed by atoms with Crippen molar-refractivity contribution in [2.75, 3.05) is 20.1 Å². The number of aryl methyl sites for hydroxylation is 1. The number of rotatable bonds is 5. The Hall–Kier alpha value is -1.19. The van der Waals surface area contributed by atoms with E-state index in [9.17, 15) is 0 Å². The Balaban J connectivity index is 0.00000243. The van der Waals surface area contributed by atoms with Crippen LogP contribution in [0.25, 0.3) is 0 Å². The first-order valence-corrected chi connectivity index (χ1v) is 9.80. The van der Waals surface area contributed by atoms with Crippen LogP contribution < -0.4 is 10.6 Å². The number of thiophene rings is 1. The largest absolute Gasteiger partial charge is 0.354 e. The minimum absolute atomic E-state index is 0. The van der Waals surface area contributed by atoms with E-state index in [1.165, 1.54) is 11.1 Å². The lowest BCUT2D eigenvalue weighted by Gasteiger charge is -2.32. The molecule has 3 heterocycles. The van der Waals surface area contributed by atoms with E-state index >= 15 is 0 Å². The fourth-order valence-corrected chi connectivity index (χ4v) is 3.79. The summed E-state index contributed by atoms with van der Waals surface area (Å²) in [4.78, 5) is 11.3. The maximum Gasteiger partial charge on any atom is 0.191 e. The number of hydrogen-bond donors (Lipinski definition) is 2. The second-order valence-electron chi connectivity index (χ2n) is 6.52. The number of piperidine rings is 1. The number of pyridine rings is 1. The Labute approximate surface area is 177 Å². The van der Waals surface area contributed by atoms with Crippen LogP contribution >= 0.6 is 35.3 Å². The topological polar surface area (TPSA) is 52.6 Å². The fraction of sp³-hybridized carbons (Fsp3) is 0.474. The van der Waals surface area contributed by atoms with Crippen LogP contribution in [0.3, 0.4) is 0 Å². The molecule has 7 heteroatoms. The molecule has 0 unspecified atom stereocenters. The number of likely N-dealkylation sites (tertiary alicyclic amines) is 1. The molecule has 2 aromatic heterocycles. The molecule has 1 aliphatic rings. The summed E-state index contributed by atoms with van der Waals surface area (Å²) in [6.07, 6.45) is 4.13. The van der Waals surface area contributed by atoms with Crippen molar-refractivity contribution in [3.05, 3.63) is 52.0 Å². The smallest absolute Gasteiger partial charge is 0.191 e. The summed E-state index contributed by atoms with van der Waals surface area (Å²) in [7, 11) is 1.83. The molecule has 26 heavy (non-hydrogen) atoms. The van der Waals surface area contributed by atoms with Gasteiger partial charge in [-0.3, -0.25) is 14.9 Å². The molecule has 0 radical (unpaired) electrons. The van der Waals surface area contributed by atoms with Crippen LogP contribution in [0.2, 0.25) is 0 Å². The summed E-state index contributed by atoms with van der Waals surface area (Å²) in [6, 6.07) is 6.76. The summed E-state index contributed by atoms with van der Waals surface area (Å²) < 4.78 is 0. The quantitative estimate of drug-likeness (QED) is 0.388. The lowest BCUT2D eigenvalue weighted by Crippen LogP contribution is -2.48. The van der Waals surface area contributed by atoms with Crippen molar-refractivity contribution in [2.24, 2.45) is 4.99 Å². The first kappa shape index (κ1) is 21.1. The molecule has 142 valence electrons. The van der Waals surface area contributed by atoms with Crippen LogP contribution in [0.4, 0.5) is 0 Å². The summed E-state index contributed by atoms with van der Waals surface area (Å²) in [6.45, 7) is 6.11. The number of guanidine groups is 1. The third-order valence-corrected chi connectivity index (χ3v) is 5.41. The van der Waals surface area contributed by atoms with Crippen LogP contribution in [-0.4, -0.2) is 42.0 Å². The maximum absolute atomic E-state index is 4.43. The second-order valence-corrected chi connectivity index (χ2v) is 7.30. The fourth-order valence-electron chi connectivity index (χ4n) is 3.14. The Kier molecular flexibility index (Phi) is 8.80. The number of nitrogens with zero attached hydrogens (tertiary/aromatic N) is 3. The van der Waals surface area contributed by atoms with E-state index in [4.69, 9.17) is 0 Å². The van der Waals surface area contributed by atoms with Crippen molar-refractivity contribution >= 4 is 41.3 Å². The summed E-state index contributed by atoms with van der Waals surface area (Å²) in [5.41, 5.74) is 3.70. The normalized spacial score (nSPS) is 16.2. The zero-order chi connectivity index (χ0) is 17.5. The molecule has 0 spiro atoms. The Bertz CT molecular complexity index is 681. The molecule has 2 N–H and O–H groups in total. The number of nitrogens with one attached hydrogen (secondary N) is 2. The second kappa shape index (κ2) is 10.8. The minimum Gasteiger partial charge on any atom is -0.354 e. The number of halogens is 1. The summed E-state index contributed by atoms with van der Waals surface area (Å²) in [5.74, 6) is 0.862. The first-order chi connectivity index (χ1) is 12.2. The van der Waals surface area contributed by atoms with E-state index in [0.717, 1.165) is 44.1 Å². The van der Waals surface area contributed by atoms with Crippen molar-refractivity contribution in [2.45, 2.75) is 38.9 Å². The van der Waals surface area contributed by atoms with Crippen LogP contribution in [0.5, 0.6) is 0 Å². The third-order valence-electron chi connectivity index (χ3n) is 4.68. The molecule has 5 nitrogen and oxygen atoms in total. The SMILES string of the molecule is CN=C(NCc1ncccc1C)NC1CCN(Cc2ccsc2)CC1.I. The average molecular weight is 485 g/mol. The van der Waals surface area contributed by atoms with Gasteiger partial charge in [-0.1, -0.05) is 6.07 Å². The molecule has 1 aliphatic heterocycles. The zero-order valence-electron chi connectivity index (χ0n) is 15.4. The number of hydrogen-bond acceptors (Lipinski definition) is 4. The van der Waals surface area contributed by atoms with E-state index in [1.54, 1.807) is 11.3 Å². The van der Waals surface area contributed by atoms with Crippen molar-refractivity contribution in [3.8, 4) is 0 Å². The Morgan fingerprint density at radius 3 is 2.81 bits per heavy atom. The molecule has 0 bridgehead atoms. The van der Waals surface area contributed by atoms with Gasteiger partial charge in [0.05, 0.1) is 12.2 Å². The molecular formula is C19H28IN5S. The molecule has 3 rings (SSSR count). The van der Waals surface area contributed by atoms with Crippen molar-refractivity contribution in [1.29, 1.82) is 0 Å². The third kappa shape index (κ3) is 6.21. The highest BCUT2D eigenvalue weighted by Gasteiger charge is 2.20.